The van der Waals surface area contributed by atoms with E-state index in [2.05, 4.69) is 36.5 Å². The van der Waals surface area contributed by atoms with Gasteiger partial charge in [-0.05, 0) is 38.2 Å². The van der Waals surface area contributed by atoms with E-state index in [0.29, 0.717) is 18.5 Å². The van der Waals surface area contributed by atoms with E-state index in [9.17, 15) is 4.79 Å². The average Bonchev–Trinajstić information content (AvgIpc) is 2.35. The third-order valence-electron chi connectivity index (χ3n) is 4.09. The van der Waals surface area contributed by atoms with Crippen molar-refractivity contribution >= 4 is 5.91 Å². The van der Waals surface area contributed by atoms with Crippen molar-refractivity contribution in [2.75, 3.05) is 20.1 Å². The van der Waals surface area contributed by atoms with Crippen molar-refractivity contribution in [2.45, 2.75) is 38.6 Å². The van der Waals surface area contributed by atoms with Crippen molar-refractivity contribution in [3.8, 4) is 0 Å². The summed E-state index contributed by atoms with van der Waals surface area (Å²) in [6.45, 7) is 5.37. The van der Waals surface area contributed by atoms with Gasteiger partial charge in [-0.1, -0.05) is 29.8 Å². The highest BCUT2D eigenvalue weighted by atomic mass is 16.2. The Hall–Kier alpha value is -1.35. The van der Waals surface area contributed by atoms with Crippen LogP contribution in [0.15, 0.2) is 24.3 Å². The zero-order chi connectivity index (χ0) is 13.8. The minimum atomic E-state index is 0.182. The maximum atomic E-state index is 11.7. The molecular formula is C16H24N2O. The van der Waals surface area contributed by atoms with E-state index >= 15 is 0 Å². The first-order chi connectivity index (χ1) is 9.10. The minimum absolute atomic E-state index is 0.182. The number of nitrogens with zero attached hydrogens (tertiary/aromatic N) is 1. The minimum Gasteiger partial charge on any atom is -0.345 e. The van der Waals surface area contributed by atoms with Gasteiger partial charge in [-0.2, -0.15) is 0 Å². The third kappa shape index (κ3) is 3.57. The van der Waals surface area contributed by atoms with Crippen LogP contribution in [0.5, 0.6) is 0 Å². The Morgan fingerprint density at radius 1 is 1.42 bits per heavy atom. The molecule has 3 nitrogen and oxygen atoms in total. The molecule has 0 saturated heterocycles. The molecule has 0 aromatic heterocycles. The van der Waals surface area contributed by atoms with Crippen LogP contribution in [0.25, 0.3) is 0 Å². The first kappa shape index (κ1) is 14.1. The molecule has 1 aromatic carbocycles. The monoisotopic (exact) mass is 260 g/mol. The van der Waals surface area contributed by atoms with Crippen molar-refractivity contribution in [1.82, 2.24) is 10.2 Å². The molecule has 1 aliphatic carbocycles. The first-order valence-corrected chi connectivity index (χ1v) is 7.14. The normalized spacial score (nSPS) is 21.8. The van der Waals surface area contributed by atoms with Crippen LogP contribution in [0.4, 0.5) is 0 Å². The summed E-state index contributed by atoms with van der Waals surface area (Å²) >= 11 is 0. The Bertz CT molecular complexity index is 438. The number of aryl methyl sites for hydroxylation is 1. The summed E-state index contributed by atoms with van der Waals surface area (Å²) in [6, 6.07) is 9.25. The van der Waals surface area contributed by atoms with Crippen LogP contribution in [0.2, 0.25) is 0 Å². The number of amides is 1. The van der Waals surface area contributed by atoms with Gasteiger partial charge in [0.25, 0.3) is 0 Å². The highest BCUT2D eigenvalue weighted by Crippen LogP contribution is 2.36. The summed E-state index contributed by atoms with van der Waals surface area (Å²) in [6.07, 6.45) is 2.29. The molecular weight excluding hydrogens is 236 g/mol. The molecule has 2 rings (SSSR count). The molecule has 0 radical (unpaired) electrons. The van der Waals surface area contributed by atoms with E-state index in [1.807, 2.05) is 14.0 Å². The molecule has 104 valence electrons. The van der Waals surface area contributed by atoms with E-state index in [0.717, 1.165) is 19.4 Å². The Labute approximate surface area is 116 Å². The van der Waals surface area contributed by atoms with Crippen molar-refractivity contribution in [3.05, 3.63) is 35.4 Å². The predicted octanol–water partition coefficient (Wildman–Crippen LogP) is 2.31. The summed E-state index contributed by atoms with van der Waals surface area (Å²) in [7, 11) is 1.85. The number of hydrogen-bond acceptors (Lipinski definition) is 2. The Kier molecular flexibility index (Phi) is 4.59. The second-order valence-electron chi connectivity index (χ2n) is 5.57. The molecule has 1 fully saturated rings. The molecule has 1 saturated carbocycles. The molecule has 0 spiro atoms. The molecule has 19 heavy (non-hydrogen) atoms. The van der Waals surface area contributed by atoms with E-state index < -0.39 is 0 Å². The first-order valence-electron chi connectivity index (χ1n) is 7.14. The fourth-order valence-corrected chi connectivity index (χ4v) is 2.52. The Morgan fingerprint density at radius 3 is 2.79 bits per heavy atom. The largest absolute Gasteiger partial charge is 0.345 e. The van der Waals surface area contributed by atoms with Crippen LogP contribution in [-0.4, -0.2) is 37.0 Å². The number of likely N-dealkylation sites (N-methyl/N-ethyl adjacent to an activating group) is 1. The van der Waals surface area contributed by atoms with Gasteiger partial charge in [-0.25, -0.2) is 0 Å². The van der Waals surface area contributed by atoms with Crippen LogP contribution < -0.4 is 5.32 Å². The van der Waals surface area contributed by atoms with E-state index in [1.165, 1.54) is 11.1 Å². The number of carbonyl (C=O) groups is 1. The molecule has 0 bridgehead atoms. The summed E-state index contributed by atoms with van der Waals surface area (Å²) in [4.78, 5) is 13.4. The smallest absolute Gasteiger partial charge is 0.236 e. The van der Waals surface area contributed by atoms with Crippen LogP contribution in [0.3, 0.4) is 0 Å². The molecule has 0 aliphatic heterocycles. The van der Waals surface area contributed by atoms with Crippen molar-refractivity contribution < 1.29 is 4.79 Å². The number of hydrogen-bond donors (Lipinski definition) is 1. The zero-order valence-electron chi connectivity index (χ0n) is 12.1. The van der Waals surface area contributed by atoms with Crippen LogP contribution in [-0.2, 0) is 4.79 Å². The predicted molar refractivity (Wildman–Crippen MR) is 78.3 cm³/mol. The fraction of sp³-hybridized carbons (Fsp3) is 0.562. The number of rotatable bonds is 5. The zero-order valence-corrected chi connectivity index (χ0v) is 12.1. The quantitative estimate of drug-likeness (QED) is 0.881. The van der Waals surface area contributed by atoms with Gasteiger partial charge in [0, 0.05) is 19.6 Å². The molecule has 3 heteroatoms. The van der Waals surface area contributed by atoms with Crippen LogP contribution in [0.1, 0.15) is 36.8 Å². The molecule has 1 aliphatic rings. The third-order valence-corrected chi connectivity index (χ3v) is 4.09. The summed E-state index contributed by atoms with van der Waals surface area (Å²) in [5.41, 5.74) is 2.77. The van der Waals surface area contributed by atoms with Gasteiger partial charge in [0.1, 0.15) is 0 Å². The molecule has 0 unspecified atom stereocenters. The lowest BCUT2D eigenvalue weighted by Crippen LogP contribution is -2.45. The van der Waals surface area contributed by atoms with Crippen molar-refractivity contribution in [3.63, 3.8) is 0 Å². The average molecular weight is 260 g/mol. The lowest BCUT2D eigenvalue weighted by atomic mass is 9.75. The number of benzene rings is 1. The molecule has 1 amide bonds. The maximum Gasteiger partial charge on any atom is 0.236 e. The van der Waals surface area contributed by atoms with E-state index in [1.54, 1.807) is 4.90 Å². The highest BCUT2D eigenvalue weighted by molar-refractivity contribution is 5.77. The Morgan fingerprint density at radius 2 is 2.16 bits per heavy atom. The van der Waals surface area contributed by atoms with Gasteiger partial charge in [-0.15, -0.1) is 0 Å². The molecule has 0 heterocycles. The SMILES string of the molecule is CCN(C)C(=O)CNC1CC(c2cccc(C)c2)C1. The molecule has 0 atom stereocenters. The lowest BCUT2D eigenvalue weighted by molar-refractivity contribution is -0.129. The van der Waals surface area contributed by atoms with Gasteiger partial charge in [0.15, 0.2) is 0 Å². The van der Waals surface area contributed by atoms with Gasteiger partial charge in [-0.3, -0.25) is 4.79 Å². The van der Waals surface area contributed by atoms with Gasteiger partial charge in [0.2, 0.25) is 5.91 Å². The number of carbonyl (C=O) groups excluding carboxylic acids is 1. The van der Waals surface area contributed by atoms with E-state index in [4.69, 9.17) is 0 Å². The van der Waals surface area contributed by atoms with Crippen LogP contribution in [0, 0.1) is 6.92 Å². The van der Waals surface area contributed by atoms with Gasteiger partial charge >= 0.3 is 0 Å². The summed E-state index contributed by atoms with van der Waals surface area (Å²) < 4.78 is 0. The van der Waals surface area contributed by atoms with Gasteiger partial charge < -0.3 is 10.2 Å². The molecule has 1 aromatic rings. The highest BCUT2D eigenvalue weighted by Gasteiger charge is 2.30. The summed E-state index contributed by atoms with van der Waals surface area (Å²) in [5.74, 6) is 0.845. The second-order valence-corrected chi connectivity index (χ2v) is 5.57. The fourth-order valence-electron chi connectivity index (χ4n) is 2.52. The lowest BCUT2D eigenvalue weighted by Gasteiger charge is -2.36. The summed E-state index contributed by atoms with van der Waals surface area (Å²) in [5, 5.41) is 3.36. The van der Waals surface area contributed by atoms with Gasteiger partial charge in [0.05, 0.1) is 6.54 Å². The van der Waals surface area contributed by atoms with Crippen LogP contribution >= 0.6 is 0 Å². The number of nitrogens with one attached hydrogen (secondary N) is 1. The van der Waals surface area contributed by atoms with Crippen molar-refractivity contribution in [2.24, 2.45) is 0 Å². The maximum absolute atomic E-state index is 11.7. The van der Waals surface area contributed by atoms with Crippen molar-refractivity contribution in [1.29, 1.82) is 0 Å². The second kappa shape index (κ2) is 6.20. The topological polar surface area (TPSA) is 32.3 Å². The van der Waals surface area contributed by atoms with E-state index in [-0.39, 0.29) is 5.91 Å². The Balaban J connectivity index is 1.73. The standard InChI is InChI=1S/C16H24N2O/c1-4-18(3)16(19)11-17-15-9-14(10-15)13-7-5-6-12(2)8-13/h5-8,14-15,17H,4,9-11H2,1-3H3. The molecule has 1 N–H and O–H groups in total.